The summed E-state index contributed by atoms with van der Waals surface area (Å²) in [4.78, 5) is 22.4. The van der Waals surface area contributed by atoms with Crippen LogP contribution in [0.1, 0.15) is 58.1 Å². The Morgan fingerprint density at radius 3 is 2.68 bits per heavy atom. The quantitative estimate of drug-likeness (QED) is 0.133. The lowest BCUT2D eigenvalue weighted by atomic mass is 9.79. The number of carbonyl (C=O) groups is 1. The fraction of sp³-hybridized carbons (Fsp3) is 0.452. The minimum absolute atomic E-state index is 0.0108. The number of nitriles is 1. The molecule has 5 aromatic rings. The summed E-state index contributed by atoms with van der Waals surface area (Å²) in [6.45, 7) is 7.73. The van der Waals surface area contributed by atoms with E-state index in [0.717, 1.165) is 47.5 Å². The molecule has 1 aliphatic carbocycles. The number of rotatable bonds is 10. The molecular weight excluding hydrogens is 673 g/mol. The Balaban J connectivity index is 1.33. The van der Waals surface area contributed by atoms with E-state index < -0.39 is 11.4 Å². The van der Waals surface area contributed by atoms with Gasteiger partial charge in [-0.25, -0.2) is 14.2 Å². The first-order chi connectivity index (χ1) is 25.6. The van der Waals surface area contributed by atoms with E-state index in [0.29, 0.717) is 53.3 Å². The van der Waals surface area contributed by atoms with Crippen LogP contribution in [-0.4, -0.2) is 83.8 Å². The van der Waals surface area contributed by atoms with Gasteiger partial charge in [0.25, 0.3) is 0 Å². The molecule has 5 heterocycles. The minimum atomic E-state index is -0.600. The summed E-state index contributed by atoms with van der Waals surface area (Å²) in [5.74, 6) is 0.683. The van der Waals surface area contributed by atoms with Crippen LogP contribution in [0, 0.1) is 23.1 Å². The highest BCUT2D eigenvalue weighted by Crippen LogP contribution is 2.52. The molecule has 53 heavy (non-hydrogen) atoms. The van der Waals surface area contributed by atoms with Gasteiger partial charge in [0.2, 0.25) is 5.88 Å². The number of likely N-dealkylation sites (N-methyl/N-ethyl adjacent to an activating group) is 1. The number of amides is 1. The van der Waals surface area contributed by atoms with Gasteiger partial charge in [0, 0.05) is 49.2 Å². The summed E-state index contributed by atoms with van der Waals surface area (Å²) in [6.07, 6.45) is 5.28. The number of halogens is 1. The van der Waals surface area contributed by atoms with E-state index >= 15 is 4.39 Å². The summed E-state index contributed by atoms with van der Waals surface area (Å²) in [6, 6.07) is 18.0. The van der Waals surface area contributed by atoms with Crippen molar-refractivity contribution in [1.29, 1.82) is 5.26 Å². The molecule has 3 unspecified atom stereocenters. The van der Waals surface area contributed by atoms with Gasteiger partial charge in [-0.2, -0.15) is 5.26 Å². The monoisotopic (exact) mass is 719 g/mol. The van der Waals surface area contributed by atoms with Gasteiger partial charge in [-0.1, -0.05) is 24.3 Å². The number of hydrogen-bond acceptors (Lipinski definition) is 8. The van der Waals surface area contributed by atoms with Crippen LogP contribution in [0.2, 0.25) is 0 Å². The van der Waals surface area contributed by atoms with Gasteiger partial charge in [0.15, 0.2) is 12.6 Å². The molecule has 4 atom stereocenters. The zero-order valence-electron chi connectivity index (χ0n) is 31.0. The normalized spacial score (nSPS) is 21.3. The molecule has 3 saturated heterocycles. The molecule has 9 rings (SSSR count). The number of fused-ring (bicyclic) bond motifs is 5. The number of hydrogen-bond donors (Lipinski definition) is 0. The number of likely N-dealkylation sites (tertiary alicyclic amines) is 1. The van der Waals surface area contributed by atoms with Crippen molar-refractivity contribution >= 4 is 38.7 Å². The molecule has 10 nitrogen and oxygen atoms in total. The van der Waals surface area contributed by atoms with Crippen LogP contribution >= 0.6 is 0 Å². The highest BCUT2D eigenvalue weighted by atomic mass is 19.1. The van der Waals surface area contributed by atoms with E-state index in [1.54, 1.807) is 7.11 Å². The minimum Gasteiger partial charge on any atom is -0.476 e. The summed E-state index contributed by atoms with van der Waals surface area (Å²) >= 11 is 0. The first-order valence-electron chi connectivity index (χ1n) is 18.6. The van der Waals surface area contributed by atoms with Crippen molar-refractivity contribution in [2.45, 2.75) is 76.6 Å². The summed E-state index contributed by atoms with van der Waals surface area (Å²) in [7, 11) is 3.66. The number of methoxy groups -OCH3 is 1. The van der Waals surface area contributed by atoms with Crippen LogP contribution in [0.5, 0.6) is 11.6 Å². The maximum Gasteiger partial charge on any atom is 0.410 e. The fourth-order valence-electron chi connectivity index (χ4n) is 8.68. The van der Waals surface area contributed by atoms with Crippen LogP contribution in [0.25, 0.3) is 43.7 Å². The molecule has 0 spiro atoms. The average Bonchev–Trinajstić information content (AvgIpc) is 3.93. The Morgan fingerprint density at radius 1 is 1.09 bits per heavy atom. The molecule has 0 radical (unpaired) electrons. The standard InChI is InChI=1S/C42H46FN5O5/c1-42(2,3)53-41(49)48-22-27-20-34(48)38(27)47-17-14-31-39(47)33-19-26(11-8-15-44)35(32-21-29(52-24-50-5)18-25-10-6-7-13-30(25)32)36(43)37(33)45-40(31)51-23-28-12-9-16-46(28)4/h6-7,10,13-14,17-19,21,27-28,34,38H,8-9,11-12,16,20,22-24H2,1-5H3/t27?,28-,34?,38?/m0/s1. The van der Waals surface area contributed by atoms with Crippen LogP contribution in [0.4, 0.5) is 9.18 Å². The van der Waals surface area contributed by atoms with Crippen molar-refractivity contribution in [2.75, 3.05) is 40.6 Å². The van der Waals surface area contributed by atoms with E-state index in [1.807, 2.05) is 80.4 Å². The summed E-state index contributed by atoms with van der Waals surface area (Å²) in [5, 5.41) is 12.9. The lowest BCUT2D eigenvalue weighted by Crippen LogP contribution is -2.44. The van der Waals surface area contributed by atoms with E-state index in [9.17, 15) is 10.1 Å². The number of carbonyl (C=O) groups excluding carboxylic acids is 1. The summed E-state index contributed by atoms with van der Waals surface area (Å²) < 4.78 is 43.4. The highest BCUT2D eigenvalue weighted by molar-refractivity contribution is 6.09. The predicted octanol–water partition coefficient (Wildman–Crippen LogP) is 8.24. The third-order valence-corrected chi connectivity index (χ3v) is 11.2. The maximum absolute atomic E-state index is 17.7. The molecule has 3 aromatic carbocycles. The third kappa shape index (κ3) is 6.32. The Kier molecular flexibility index (Phi) is 9.15. The van der Waals surface area contributed by atoms with Gasteiger partial charge < -0.3 is 33.3 Å². The molecule has 2 bridgehead atoms. The lowest BCUT2D eigenvalue weighted by Gasteiger charge is -2.38. The van der Waals surface area contributed by atoms with Gasteiger partial charge in [-0.05, 0) is 106 Å². The molecule has 11 heteroatoms. The lowest BCUT2D eigenvalue weighted by molar-refractivity contribution is 0.0211. The first kappa shape index (κ1) is 35.1. The average molecular weight is 720 g/mol. The zero-order chi connectivity index (χ0) is 37.0. The number of nitrogens with zero attached hydrogens (tertiary/aromatic N) is 5. The van der Waals surface area contributed by atoms with Crippen molar-refractivity contribution in [3.8, 4) is 28.8 Å². The number of pyridine rings is 1. The van der Waals surface area contributed by atoms with Crippen LogP contribution in [0.3, 0.4) is 0 Å². The number of aryl methyl sites for hydroxylation is 1. The van der Waals surface area contributed by atoms with Crippen molar-refractivity contribution in [2.24, 2.45) is 5.92 Å². The van der Waals surface area contributed by atoms with E-state index in [2.05, 4.69) is 22.6 Å². The van der Waals surface area contributed by atoms with Crippen molar-refractivity contribution in [3.63, 3.8) is 0 Å². The van der Waals surface area contributed by atoms with E-state index in [-0.39, 0.29) is 48.9 Å². The summed E-state index contributed by atoms with van der Waals surface area (Å²) in [5.41, 5.74) is 2.16. The SMILES string of the molecule is COCOc1cc(-c2c(CCC#N)cc3c(nc(OC[C@@H]4CCCN4C)c4ccn(C5C6CC5N(C(=O)OC(C)(C)C)C6)c43)c2F)c2ccccc2c1. The largest absolute Gasteiger partial charge is 0.476 e. The number of ether oxygens (including phenoxy) is 4. The highest BCUT2D eigenvalue weighted by Gasteiger charge is 2.55. The Morgan fingerprint density at radius 2 is 1.92 bits per heavy atom. The van der Waals surface area contributed by atoms with Crippen LogP contribution in [0.15, 0.2) is 54.7 Å². The van der Waals surface area contributed by atoms with Gasteiger partial charge in [-0.3, -0.25) is 0 Å². The van der Waals surface area contributed by atoms with Gasteiger partial charge in [0.1, 0.15) is 23.5 Å². The zero-order valence-corrected chi connectivity index (χ0v) is 31.0. The second kappa shape index (κ2) is 13.8. The molecule has 3 aliphatic heterocycles. The molecule has 1 saturated carbocycles. The Bertz CT molecular complexity index is 2260. The second-order valence-electron chi connectivity index (χ2n) is 15.7. The van der Waals surface area contributed by atoms with Gasteiger partial charge >= 0.3 is 6.09 Å². The van der Waals surface area contributed by atoms with Crippen LogP contribution in [-0.2, 0) is 15.9 Å². The third-order valence-electron chi connectivity index (χ3n) is 11.2. The Labute approximate surface area is 309 Å². The molecule has 0 N–H and O–H groups in total. The Hall–Kier alpha value is -4.92. The van der Waals surface area contributed by atoms with E-state index in [4.69, 9.17) is 23.9 Å². The topological polar surface area (TPSA) is 102 Å². The van der Waals surface area contributed by atoms with Crippen LogP contribution < -0.4 is 9.47 Å². The fourth-order valence-corrected chi connectivity index (χ4v) is 8.68. The smallest absolute Gasteiger partial charge is 0.410 e. The van der Waals surface area contributed by atoms with Crippen molar-refractivity contribution in [3.05, 3.63) is 66.1 Å². The van der Waals surface area contributed by atoms with Crippen molar-refractivity contribution in [1.82, 2.24) is 19.4 Å². The molecule has 4 aliphatic rings. The molecule has 2 aromatic heterocycles. The number of aromatic nitrogens is 2. The maximum atomic E-state index is 17.7. The van der Waals surface area contributed by atoms with Gasteiger partial charge in [-0.15, -0.1) is 0 Å². The second-order valence-corrected chi connectivity index (χ2v) is 15.7. The molecule has 276 valence electrons. The van der Waals surface area contributed by atoms with E-state index in [1.165, 1.54) is 0 Å². The molecular formula is C42H46FN5O5. The number of benzene rings is 3. The van der Waals surface area contributed by atoms with Gasteiger partial charge in [0.05, 0.1) is 29.1 Å². The molecule has 4 fully saturated rings. The van der Waals surface area contributed by atoms with Crippen molar-refractivity contribution < 1.29 is 28.1 Å². The predicted molar refractivity (Wildman–Crippen MR) is 202 cm³/mol. The molecule has 1 amide bonds. The first-order valence-corrected chi connectivity index (χ1v) is 18.6.